The lowest BCUT2D eigenvalue weighted by Gasteiger charge is -2.35. The number of rotatable bonds is 8. The first-order chi connectivity index (χ1) is 13.6. The fourth-order valence-corrected chi connectivity index (χ4v) is 3.50. The van der Waals surface area contributed by atoms with Crippen molar-refractivity contribution in [3.05, 3.63) is 52.3 Å². The zero-order valence-corrected chi connectivity index (χ0v) is 16.6. The van der Waals surface area contributed by atoms with Gasteiger partial charge in [0, 0.05) is 46.3 Å². The quantitative estimate of drug-likeness (QED) is 0.511. The Labute approximate surface area is 166 Å². The Balaban J connectivity index is 1.72. The average Bonchev–Trinajstić information content (AvgIpc) is 2.72. The second kappa shape index (κ2) is 9.45. The van der Waals surface area contributed by atoms with Crippen molar-refractivity contribution in [1.29, 1.82) is 0 Å². The molecule has 0 atom stereocenters. The van der Waals surface area contributed by atoms with Crippen LogP contribution in [0.2, 0.25) is 0 Å². The van der Waals surface area contributed by atoms with Crippen molar-refractivity contribution in [3.63, 3.8) is 0 Å². The van der Waals surface area contributed by atoms with Crippen LogP contribution < -0.4 is 9.80 Å². The highest BCUT2D eigenvalue weighted by molar-refractivity contribution is 5.71. The van der Waals surface area contributed by atoms with Crippen LogP contribution >= 0.6 is 0 Å². The fraction of sp³-hybridized carbons (Fsp3) is 0.500. The topological polar surface area (TPSA) is 78.6 Å². The van der Waals surface area contributed by atoms with E-state index in [1.807, 2.05) is 35.0 Å². The van der Waals surface area contributed by atoms with E-state index >= 15 is 0 Å². The van der Waals surface area contributed by atoms with Gasteiger partial charge in [0.05, 0.1) is 4.92 Å². The highest BCUT2D eigenvalue weighted by atomic mass is 16.6. The summed E-state index contributed by atoms with van der Waals surface area (Å²) in [4.78, 5) is 26.2. The van der Waals surface area contributed by atoms with E-state index in [2.05, 4.69) is 33.9 Å². The summed E-state index contributed by atoms with van der Waals surface area (Å²) in [6, 6.07) is 10.4. The number of hydrogen-bond donors (Lipinski definition) is 0. The van der Waals surface area contributed by atoms with Gasteiger partial charge in [-0.1, -0.05) is 43.7 Å². The summed E-state index contributed by atoms with van der Waals surface area (Å²) < 4.78 is 0. The minimum Gasteiger partial charge on any atom is -0.354 e. The molecule has 1 aromatic carbocycles. The van der Waals surface area contributed by atoms with Crippen LogP contribution in [-0.2, 0) is 6.54 Å². The third kappa shape index (κ3) is 4.75. The van der Waals surface area contributed by atoms with Crippen LogP contribution in [0.1, 0.15) is 25.3 Å². The van der Waals surface area contributed by atoms with Crippen LogP contribution in [0.25, 0.3) is 0 Å². The van der Waals surface area contributed by atoms with Crippen molar-refractivity contribution in [2.75, 3.05) is 49.6 Å². The number of unbranched alkanes of at least 4 members (excludes halogenated alkanes) is 1. The highest BCUT2D eigenvalue weighted by Crippen LogP contribution is 2.34. The van der Waals surface area contributed by atoms with Gasteiger partial charge in [-0.15, -0.1) is 0 Å². The highest BCUT2D eigenvalue weighted by Gasteiger charge is 2.30. The van der Waals surface area contributed by atoms with Gasteiger partial charge in [-0.25, -0.2) is 9.97 Å². The van der Waals surface area contributed by atoms with Gasteiger partial charge in [0.15, 0.2) is 0 Å². The summed E-state index contributed by atoms with van der Waals surface area (Å²) in [5, 5.41) is 11.8. The van der Waals surface area contributed by atoms with Crippen molar-refractivity contribution in [3.8, 4) is 0 Å². The Morgan fingerprint density at radius 1 is 1.14 bits per heavy atom. The minimum absolute atomic E-state index is 0.0117. The zero-order valence-electron chi connectivity index (χ0n) is 16.6. The van der Waals surface area contributed by atoms with Crippen LogP contribution in [0.15, 0.2) is 36.7 Å². The maximum atomic E-state index is 11.8. The van der Waals surface area contributed by atoms with Crippen molar-refractivity contribution in [2.45, 2.75) is 26.3 Å². The van der Waals surface area contributed by atoms with E-state index in [0.29, 0.717) is 24.7 Å². The minimum atomic E-state index is -0.344. The molecule has 150 valence electrons. The number of nitro groups is 1. The van der Waals surface area contributed by atoms with Gasteiger partial charge in [0.1, 0.15) is 6.33 Å². The Morgan fingerprint density at radius 3 is 2.50 bits per heavy atom. The largest absolute Gasteiger partial charge is 0.354 e. The number of piperazine rings is 1. The van der Waals surface area contributed by atoms with Crippen molar-refractivity contribution in [1.82, 2.24) is 14.9 Å². The van der Waals surface area contributed by atoms with Gasteiger partial charge in [-0.2, -0.15) is 0 Å². The Kier molecular flexibility index (Phi) is 6.76. The van der Waals surface area contributed by atoms with Crippen LogP contribution in [0, 0.1) is 10.1 Å². The van der Waals surface area contributed by atoms with E-state index in [-0.39, 0.29) is 10.6 Å². The maximum absolute atomic E-state index is 11.8. The van der Waals surface area contributed by atoms with Gasteiger partial charge < -0.3 is 9.80 Å². The molecule has 0 radical (unpaired) electrons. The van der Waals surface area contributed by atoms with Crippen LogP contribution in [0.5, 0.6) is 0 Å². The molecule has 2 aromatic rings. The first-order valence-corrected chi connectivity index (χ1v) is 9.82. The van der Waals surface area contributed by atoms with Gasteiger partial charge in [0.25, 0.3) is 0 Å². The summed E-state index contributed by atoms with van der Waals surface area (Å²) >= 11 is 0. The smallest absolute Gasteiger partial charge is 0.353 e. The number of hydrogen-bond acceptors (Lipinski definition) is 7. The first kappa shape index (κ1) is 20.0. The van der Waals surface area contributed by atoms with Crippen molar-refractivity contribution >= 4 is 17.3 Å². The average molecular weight is 384 g/mol. The molecule has 0 unspecified atom stereocenters. The third-order valence-corrected chi connectivity index (χ3v) is 5.10. The standard InChI is InChI=1S/C20H28N6O2/c1-3-4-10-23(2)19-18(26(27)28)20(22-16-21-19)25-13-11-24(12-14-25)15-17-8-6-5-7-9-17/h5-9,16H,3-4,10-15H2,1-2H3. The normalized spacial score (nSPS) is 14.9. The molecule has 0 spiro atoms. The third-order valence-electron chi connectivity index (χ3n) is 5.10. The molecule has 1 aromatic heterocycles. The summed E-state index contributed by atoms with van der Waals surface area (Å²) in [6.07, 6.45) is 3.43. The molecular formula is C20H28N6O2. The maximum Gasteiger partial charge on any atom is 0.353 e. The molecule has 1 fully saturated rings. The van der Waals surface area contributed by atoms with Crippen molar-refractivity contribution in [2.24, 2.45) is 0 Å². The molecule has 1 aliphatic rings. The molecule has 0 saturated carbocycles. The molecule has 3 rings (SSSR count). The lowest BCUT2D eigenvalue weighted by molar-refractivity contribution is -0.383. The van der Waals surface area contributed by atoms with E-state index in [9.17, 15) is 10.1 Å². The summed E-state index contributed by atoms with van der Waals surface area (Å²) in [5.74, 6) is 0.827. The van der Waals surface area contributed by atoms with Gasteiger partial charge >= 0.3 is 5.69 Å². The molecule has 8 heteroatoms. The van der Waals surface area contributed by atoms with Crippen LogP contribution in [0.4, 0.5) is 17.3 Å². The Bertz CT molecular complexity index is 778. The Hall–Kier alpha value is -2.74. The van der Waals surface area contributed by atoms with E-state index in [1.165, 1.54) is 11.9 Å². The number of anilines is 2. The van der Waals surface area contributed by atoms with Crippen LogP contribution in [0.3, 0.4) is 0 Å². The monoisotopic (exact) mass is 384 g/mol. The fourth-order valence-electron chi connectivity index (χ4n) is 3.50. The molecule has 0 N–H and O–H groups in total. The molecule has 8 nitrogen and oxygen atoms in total. The van der Waals surface area contributed by atoms with Gasteiger partial charge in [0.2, 0.25) is 11.6 Å². The predicted molar refractivity (Wildman–Crippen MR) is 111 cm³/mol. The molecule has 28 heavy (non-hydrogen) atoms. The lowest BCUT2D eigenvalue weighted by Crippen LogP contribution is -2.46. The molecule has 0 aliphatic carbocycles. The number of nitrogens with zero attached hydrogens (tertiary/aromatic N) is 6. The molecule has 1 aliphatic heterocycles. The molecule has 2 heterocycles. The van der Waals surface area contributed by atoms with Crippen molar-refractivity contribution < 1.29 is 4.92 Å². The summed E-state index contributed by atoms with van der Waals surface area (Å²) in [6.45, 7) is 6.84. The SMILES string of the molecule is CCCCN(C)c1ncnc(N2CCN(Cc3ccccc3)CC2)c1[N+](=O)[O-]. The second-order valence-electron chi connectivity index (χ2n) is 7.15. The van der Waals surface area contributed by atoms with E-state index in [4.69, 9.17) is 0 Å². The Morgan fingerprint density at radius 2 is 1.86 bits per heavy atom. The van der Waals surface area contributed by atoms with Gasteiger partial charge in [-0.05, 0) is 12.0 Å². The zero-order chi connectivity index (χ0) is 19.9. The molecular weight excluding hydrogens is 356 g/mol. The lowest BCUT2D eigenvalue weighted by atomic mass is 10.2. The van der Waals surface area contributed by atoms with Gasteiger partial charge in [-0.3, -0.25) is 15.0 Å². The molecule has 0 bridgehead atoms. The number of benzene rings is 1. The predicted octanol–water partition coefficient (Wildman–Crippen LogP) is 2.94. The van der Waals surface area contributed by atoms with E-state index in [0.717, 1.165) is 39.0 Å². The summed E-state index contributed by atoms with van der Waals surface area (Å²) in [7, 11) is 1.85. The number of aromatic nitrogens is 2. The molecule has 1 saturated heterocycles. The van der Waals surface area contributed by atoms with Crippen LogP contribution in [-0.4, -0.2) is 59.6 Å². The second-order valence-corrected chi connectivity index (χ2v) is 7.15. The first-order valence-electron chi connectivity index (χ1n) is 9.82. The van der Waals surface area contributed by atoms with E-state index in [1.54, 1.807) is 0 Å². The van der Waals surface area contributed by atoms with E-state index < -0.39 is 0 Å². The molecule has 0 amide bonds. The summed E-state index contributed by atoms with van der Waals surface area (Å²) in [5.41, 5.74) is 1.29.